The first-order valence-corrected chi connectivity index (χ1v) is 9.59. The minimum atomic E-state index is -3.26. The summed E-state index contributed by atoms with van der Waals surface area (Å²) >= 11 is 0. The van der Waals surface area contributed by atoms with E-state index in [9.17, 15) is 8.42 Å². The summed E-state index contributed by atoms with van der Waals surface area (Å²) in [6, 6.07) is 0. The fourth-order valence-electron chi connectivity index (χ4n) is 2.40. The predicted molar refractivity (Wildman–Crippen MR) is 105 cm³/mol. The van der Waals surface area contributed by atoms with Crippen LogP contribution in [-0.4, -0.2) is 58.0 Å². The van der Waals surface area contributed by atoms with Gasteiger partial charge in [-0.25, -0.2) is 13.1 Å². The molecule has 7 nitrogen and oxygen atoms in total. The number of sulfonamides is 1. The zero-order valence-corrected chi connectivity index (χ0v) is 17.9. The van der Waals surface area contributed by atoms with Crippen molar-refractivity contribution >= 4 is 40.0 Å². The van der Waals surface area contributed by atoms with E-state index in [0.29, 0.717) is 19.0 Å². The summed E-state index contributed by atoms with van der Waals surface area (Å²) in [4.78, 5) is 4.47. The molecule has 0 aromatic carbocycles. The van der Waals surface area contributed by atoms with Gasteiger partial charge in [0.15, 0.2) is 5.96 Å². The molecule has 1 unspecified atom stereocenters. The van der Waals surface area contributed by atoms with Crippen molar-refractivity contribution in [1.82, 2.24) is 15.4 Å². The van der Waals surface area contributed by atoms with Crippen molar-refractivity contribution in [3.05, 3.63) is 0 Å². The van der Waals surface area contributed by atoms with E-state index in [-0.39, 0.29) is 29.6 Å². The van der Waals surface area contributed by atoms with Crippen LogP contribution in [0, 0.1) is 0 Å². The highest BCUT2D eigenvalue weighted by atomic mass is 127. The molecule has 1 aliphatic heterocycles. The van der Waals surface area contributed by atoms with E-state index in [1.54, 1.807) is 0 Å². The van der Waals surface area contributed by atoms with Crippen molar-refractivity contribution in [2.45, 2.75) is 51.7 Å². The van der Waals surface area contributed by atoms with Crippen molar-refractivity contribution in [1.29, 1.82) is 0 Å². The summed E-state index contributed by atoms with van der Waals surface area (Å²) in [7, 11) is -3.26. The molecular formula is C14H31IN4O3S. The van der Waals surface area contributed by atoms with Crippen LogP contribution in [0.4, 0.5) is 0 Å². The number of hydrogen-bond donors (Lipinski definition) is 3. The Kier molecular flexibility index (Phi) is 9.33. The van der Waals surface area contributed by atoms with Gasteiger partial charge in [0.25, 0.3) is 0 Å². The lowest BCUT2D eigenvalue weighted by Crippen LogP contribution is -2.48. The van der Waals surface area contributed by atoms with Gasteiger partial charge in [0.2, 0.25) is 10.0 Å². The van der Waals surface area contributed by atoms with E-state index in [1.807, 2.05) is 20.8 Å². The molecule has 0 aromatic rings. The van der Waals surface area contributed by atoms with Crippen LogP contribution in [-0.2, 0) is 14.8 Å². The number of guanidine groups is 1. The van der Waals surface area contributed by atoms with Gasteiger partial charge in [0.1, 0.15) is 0 Å². The second-order valence-corrected chi connectivity index (χ2v) is 8.46. The zero-order chi connectivity index (χ0) is 16.9. The maximum Gasteiger partial charge on any atom is 0.209 e. The molecule has 1 rings (SSSR count). The van der Waals surface area contributed by atoms with Crippen molar-refractivity contribution in [3.63, 3.8) is 0 Å². The second-order valence-electron chi connectivity index (χ2n) is 6.71. The van der Waals surface area contributed by atoms with Gasteiger partial charge in [-0.05, 0) is 40.5 Å². The van der Waals surface area contributed by atoms with Crippen LogP contribution in [0.1, 0.15) is 40.5 Å². The molecule has 1 fully saturated rings. The van der Waals surface area contributed by atoms with E-state index < -0.39 is 15.6 Å². The fraction of sp³-hybridized carbons (Fsp3) is 0.929. The molecular weight excluding hydrogens is 431 g/mol. The Morgan fingerprint density at radius 3 is 2.48 bits per heavy atom. The van der Waals surface area contributed by atoms with Crippen molar-refractivity contribution in [3.8, 4) is 0 Å². The SMILES string of the molecule is CCNC(=NCC(C)(C)NS(C)(=O)=O)NCC1(C)CCCO1.I. The van der Waals surface area contributed by atoms with E-state index in [2.05, 4.69) is 27.3 Å². The predicted octanol–water partition coefficient (Wildman–Crippen LogP) is 1.06. The van der Waals surface area contributed by atoms with Crippen molar-refractivity contribution in [2.24, 2.45) is 4.99 Å². The molecule has 0 amide bonds. The molecule has 9 heteroatoms. The average Bonchev–Trinajstić information content (AvgIpc) is 2.77. The van der Waals surface area contributed by atoms with E-state index >= 15 is 0 Å². The quantitative estimate of drug-likeness (QED) is 0.299. The van der Waals surface area contributed by atoms with Gasteiger partial charge < -0.3 is 15.4 Å². The number of hydrogen-bond acceptors (Lipinski definition) is 4. The van der Waals surface area contributed by atoms with Crippen LogP contribution in [0.15, 0.2) is 4.99 Å². The lowest BCUT2D eigenvalue weighted by atomic mass is 10.0. The van der Waals surface area contributed by atoms with Gasteiger partial charge in [-0.1, -0.05) is 0 Å². The minimum Gasteiger partial charge on any atom is -0.373 e. The fourth-order valence-corrected chi connectivity index (χ4v) is 3.47. The van der Waals surface area contributed by atoms with Crippen LogP contribution in [0.25, 0.3) is 0 Å². The summed E-state index contributed by atoms with van der Waals surface area (Å²) in [5.41, 5.74) is -0.791. The van der Waals surface area contributed by atoms with Crippen LogP contribution < -0.4 is 15.4 Å². The zero-order valence-electron chi connectivity index (χ0n) is 14.7. The maximum atomic E-state index is 11.4. The second kappa shape index (κ2) is 9.38. The van der Waals surface area contributed by atoms with Gasteiger partial charge in [-0.15, -0.1) is 24.0 Å². The Morgan fingerprint density at radius 1 is 1.35 bits per heavy atom. The third-order valence-electron chi connectivity index (χ3n) is 3.37. The molecule has 1 heterocycles. The smallest absolute Gasteiger partial charge is 0.209 e. The van der Waals surface area contributed by atoms with Crippen LogP contribution in [0.2, 0.25) is 0 Å². The highest BCUT2D eigenvalue weighted by molar-refractivity contribution is 14.0. The molecule has 0 saturated carbocycles. The van der Waals surface area contributed by atoms with Crippen LogP contribution in [0.5, 0.6) is 0 Å². The van der Waals surface area contributed by atoms with Crippen LogP contribution in [0.3, 0.4) is 0 Å². The van der Waals surface area contributed by atoms with Crippen LogP contribution >= 0.6 is 24.0 Å². The lowest BCUT2D eigenvalue weighted by Gasteiger charge is -2.26. The van der Waals surface area contributed by atoms with Crippen molar-refractivity contribution < 1.29 is 13.2 Å². The Labute approximate surface area is 157 Å². The third kappa shape index (κ3) is 9.68. The van der Waals surface area contributed by atoms with E-state index in [1.165, 1.54) is 0 Å². The van der Waals surface area contributed by atoms with E-state index in [4.69, 9.17) is 4.74 Å². The number of halogens is 1. The van der Waals surface area contributed by atoms with Gasteiger partial charge in [0, 0.05) is 25.2 Å². The largest absolute Gasteiger partial charge is 0.373 e. The van der Waals surface area contributed by atoms with Crippen molar-refractivity contribution in [2.75, 3.05) is 32.5 Å². The maximum absolute atomic E-state index is 11.4. The number of aliphatic imine (C=N–C) groups is 1. The average molecular weight is 462 g/mol. The lowest BCUT2D eigenvalue weighted by molar-refractivity contribution is 0.0243. The topological polar surface area (TPSA) is 91.8 Å². The monoisotopic (exact) mass is 462 g/mol. The highest BCUT2D eigenvalue weighted by Crippen LogP contribution is 2.23. The normalized spacial score (nSPS) is 22.6. The molecule has 3 N–H and O–H groups in total. The minimum absolute atomic E-state index is 0. The molecule has 1 saturated heterocycles. The molecule has 1 aliphatic rings. The third-order valence-corrected chi connectivity index (χ3v) is 4.29. The Hall–Kier alpha value is -0.130. The summed E-state index contributed by atoms with van der Waals surface area (Å²) in [5.74, 6) is 0.669. The first-order chi connectivity index (χ1) is 10.1. The standard InChI is InChI=1S/C14H30N4O3S.HI/c1-6-15-12(17-11-14(4)8-7-9-21-14)16-10-13(2,3)18-22(5,19)20;/h18H,6-11H2,1-5H3,(H2,15,16,17);1H. The Bertz CT molecular complexity index is 488. The molecule has 0 aromatic heterocycles. The van der Waals surface area contributed by atoms with Gasteiger partial charge in [-0.2, -0.15) is 0 Å². The first kappa shape index (κ1) is 22.9. The summed E-state index contributed by atoms with van der Waals surface area (Å²) < 4.78 is 31.0. The molecule has 0 spiro atoms. The summed E-state index contributed by atoms with van der Waals surface area (Å²) in [6.45, 7) is 10.3. The molecule has 23 heavy (non-hydrogen) atoms. The molecule has 138 valence electrons. The molecule has 0 aliphatic carbocycles. The number of ether oxygens (including phenoxy) is 1. The summed E-state index contributed by atoms with van der Waals surface area (Å²) in [6.07, 6.45) is 3.26. The highest BCUT2D eigenvalue weighted by Gasteiger charge is 2.30. The van der Waals surface area contributed by atoms with Gasteiger partial charge in [0.05, 0.1) is 18.4 Å². The Morgan fingerprint density at radius 2 is 2.00 bits per heavy atom. The van der Waals surface area contributed by atoms with E-state index in [0.717, 1.165) is 32.2 Å². The number of nitrogens with one attached hydrogen (secondary N) is 3. The molecule has 0 radical (unpaired) electrons. The summed E-state index contributed by atoms with van der Waals surface area (Å²) in [5, 5.41) is 6.44. The van der Waals surface area contributed by atoms with Gasteiger partial charge >= 0.3 is 0 Å². The molecule has 1 atom stereocenters. The number of nitrogens with zero attached hydrogens (tertiary/aromatic N) is 1. The first-order valence-electron chi connectivity index (χ1n) is 7.70. The Balaban J connectivity index is 0.00000484. The number of rotatable bonds is 7. The molecule has 0 bridgehead atoms. The van der Waals surface area contributed by atoms with Gasteiger partial charge in [-0.3, -0.25) is 4.99 Å².